The molecular weight excluding hydrogens is 286 g/mol. The van der Waals surface area contributed by atoms with Crippen LogP contribution in [-0.2, 0) is 23.6 Å². The molecule has 0 saturated heterocycles. The average molecular weight is 300 g/mol. The highest BCUT2D eigenvalue weighted by Gasteiger charge is 2.36. The normalized spacial score (nSPS) is 11.7. The highest BCUT2D eigenvalue weighted by molar-refractivity contribution is 5.78. The van der Waals surface area contributed by atoms with E-state index in [1.54, 1.807) is 0 Å². The van der Waals surface area contributed by atoms with Crippen LogP contribution < -0.4 is 0 Å². The standard InChI is InChI=1S/C11H8F6O.C2H6/c1-6(18)2-7-3-8(10(12,13)14)5-9(4-7)11(15,16)17;1-2/h3-5H,2H2,1H3;1-2H3. The van der Waals surface area contributed by atoms with Crippen LogP contribution in [0, 0.1) is 0 Å². The number of carbonyl (C=O) groups is 1. The molecule has 0 aliphatic carbocycles. The lowest BCUT2D eigenvalue weighted by molar-refractivity contribution is -0.143. The summed E-state index contributed by atoms with van der Waals surface area (Å²) in [4.78, 5) is 10.8. The third-order valence-electron chi connectivity index (χ3n) is 2.10. The van der Waals surface area contributed by atoms with Crippen LogP contribution in [0.1, 0.15) is 37.5 Å². The number of alkyl halides is 6. The Morgan fingerprint density at radius 3 is 1.50 bits per heavy atom. The van der Waals surface area contributed by atoms with Gasteiger partial charge < -0.3 is 0 Å². The number of rotatable bonds is 2. The minimum Gasteiger partial charge on any atom is -0.300 e. The van der Waals surface area contributed by atoms with E-state index in [4.69, 9.17) is 0 Å². The molecule has 0 N–H and O–H groups in total. The largest absolute Gasteiger partial charge is 0.416 e. The lowest BCUT2D eigenvalue weighted by Crippen LogP contribution is -2.12. The third kappa shape index (κ3) is 5.63. The highest BCUT2D eigenvalue weighted by Crippen LogP contribution is 2.36. The Labute approximate surface area is 112 Å². The summed E-state index contributed by atoms with van der Waals surface area (Å²) in [5, 5.41) is 0. The summed E-state index contributed by atoms with van der Waals surface area (Å²) in [5.41, 5.74) is -3.12. The molecule has 0 saturated carbocycles. The van der Waals surface area contributed by atoms with Gasteiger partial charge in [-0.2, -0.15) is 26.3 Å². The monoisotopic (exact) mass is 300 g/mol. The lowest BCUT2D eigenvalue weighted by atomic mass is 10.0. The molecule has 0 heterocycles. The number of carbonyl (C=O) groups excluding carboxylic acids is 1. The molecule has 1 aromatic rings. The maximum absolute atomic E-state index is 12.4. The highest BCUT2D eigenvalue weighted by atomic mass is 19.4. The minimum absolute atomic E-state index is 0.0314. The van der Waals surface area contributed by atoms with Crippen molar-refractivity contribution < 1.29 is 31.1 Å². The predicted molar refractivity (Wildman–Crippen MR) is 62.2 cm³/mol. The first-order valence-corrected chi connectivity index (χ1v) is 5.78. The van der Waals surface area contributed by atoms with Crippen molar-refractivity contribution in [3.05, 3.63) is 34.9 Å². The topological polar surface area (TPSA) is 17.1 Å². The van der Waals surface area contributed by atoms with Gasteiger partial charge in [-0.3, -0.25) is 4.79 Å². The maximum Gasteiger partial charge on any atom is 0.416 e. The van der Waals surface area contributed by atoms with E-state index in [1.807, 2.05) is 13.8 Å². The van der Waals surface area contributed by atoms with Crippen molar-refractivity contribution in [3.8, 4) is 0 Å². The Balaban J connectivity index is 0.00000172. The summed E-state index contributed by atoms with van der Waals surface area (Å²) < 4.78 is 74.5. The van der Waals surface area contributed by atoms with Crippen LogP contribution in [0.5, 0.6) is 0 Å². The zero-order valence-electron chi connectivity index (χ0n) is 11.1. The number of halogens is 6. The molecule has 0 aromatic heterocycles. The zero-order chi connectivity index (χ0) is 16.1. The van der Waals surface area contributed by atoms with Crippen molar-refractivity contribution in [2.45, 2.75) is 39.5 Å². The van der Waals surface area contributed by atoms with E-state index in [0.29, 0.717) is 12.1 Å². The molecule has 0 aliphatic rings. The van der Waals surface area contributed by atoms with Crippen LogP contribution in [-0.4, -0.2) is 5.78 Å². The molecule has 0 radical (unpaired) electrons. The van der Waals surface area contributed by atoms with Crippen LogP contribution in [0.3, 0.4) is 0 Å². The van der Waals surface area contributed by atoms with Crippen molar-refractivity contribution in [3.63, 3.8) is 0 Å². The Morgan fingerprint density at radius 2 is 1.25 bits per heavy atom. The molecule has 0 atom stereocenters. The molecule has 114 valence electrons. The number of Topliss-reactive ketones (excluding diaryl/α,β-unsaturated/α-hetero) is 1. The van der Waals surface area contributed by atoms with Gasteiger partial charge in [-0.25, -0.2) is 0 Å². The molecule has 0 bridgehead atoms. The number of benzene rings is 1. The van der Waals surface area contributed by atoms with Gasteiger partial charge in [0.2, 0.25) is 0 Å². The Morgan fingerprint density at radius 1 is 0.900 bits per heavy atom. The molecule has 0 amide bonds. The second-order valence-electron chi connectivity index (χ2n) is 3.79. The smallest absolute Gasteiger partial charge is 0.300 e. The van der Waals surface area contributed by atoms with Gasteiger partial charge in [-0.15, -0.1) is 0 Å². The molecular formula is C13H14F6O. The number of hydrogen-bond acceptors (Lipinski definition) is 1. The van der Waals surface area contributed by atoms with Gasteiger partial charge in [-0.1, -0.05) is 13.8 Å². The fraction of sp³-hybridized carbons (Fsp3) is 0.462. The van der Waals surface area contributed by atoms with Gasteiger partial charge in [0, 0.05) is 6.42 Å². The first-order valence-electron chi connectivity index (χ1n) is 5.78. The quantitative estimate of drug-likeness (QED) is 0.711. The molecule has 7 heteroatoms. The van der Waals surface area contributed by atoms with Gasteiger partial charge in [0.25, 0.3) is 0 Å². The first kappa shape index (κ1) is 18.5. The van der Waals surface area contributed by atoms with E-state index in [1.165, 1.54) is 0 Å². The van der Waals surface area contributed by atoms with Crippen molar-refractivity contribution in [1.82, 2.24) is 0 Å². The fourth-order valence-corrected chi connectivity index (χ4v) is 1.41. The van der Waals surface area contributed by atoms with Gasteiger partial charge in [0.1, 0.15) is 5.78 Å². The summed E-state index contributed by atoms with van der Waals surface area (Å²) in [6.07, 6.45) is -10.2. The first-order chi connectivity index (χ1) is 9.00. The number of hydrogen-bond donors (Lipinski definition) is 0. The van der Waals surface area contributed by atoms with Crippen molar-refractivity contribution in [1.29, 1.82) is 0 Å². The molecule has 20 heavy (non-hydrogen) atoms. The third-order valence-corrected chi connectivity index (χ3v) is 2.10. The van der Waals surface area contributed by atoms with E-state index in [-0.39, 0.29) is 11.6 Å². The zero-order valence-corrected chi connectivity index (χ0v) is 11.1. The molecule has 1 rings (SSSR count). The second kappa shape index (κ2) is 6.76. The van der Waals surface area contributed by atoms with E-state index in [2.05, 4.69) is 0 Å². The van der Waals surface area contributed by atoms with Crippen molar-refractivity contribution in [2.75, 3.05) is 0 Å². The van der Waals surface area contributed by atoms with Crippen LogP contribution in [0.15, 0.2) is 18.2 Å². The van der Waals surface area contributed by atoms with Crippen LogP contribution >= 0.6 is 0 Å². The summed E-state index contributed by atoms with van der Waals surface area (Å²) >= 11 is 0. The van der Waals surface area contributed by atoms with Gasteiger partial charge >= 0.3 is 12.4 Å². The summed E-state index contributed by atoms with van der Waals surface area (Å²) in [6.45, 7) is 5.09. The summed E-state index contributed by atoms with van der Waals surface area (Å²) in [6, 6.07) is 1.14. The SMILES string of the molecule is CC.CC(=O)Cc1cc(C(F)(F)F)cc(C(F)(F)F)c1. The van der Waals surface area contributed by atoms with Gasteiger partial charge in [-0.05, 0) is 30.7 Å². The second-order valence-corrected chi connectivity index (χ2v) is 3.79. The average Bonchev–Trinajstić information content (AvgIpc) is 2.28. The van der Waals surface area contributed by atoms with Crippen LogP contribution in [0.25, 0.3) is 0 Å². The fourth-order valence-electron chi connectivity index (χ4n) is 1.41. The Kier molecular flexibility index (Phi) is 6.25. The van der Waals surface area contributed by atoms with E-state index in [0.717, 1.165) is 6.92 Å². The molecule has 1 aromatic carbocycles. The molecule has 1 nitrogen and oxygen atoms in total. The minimum atomic E-state index is -4.88. The summed E-state index contributed by atoms with van der Waals surface area (Å²) in [7, 11) is 0. The van der Waals surface area contributed by atoms with Crippen LogP contribution in [0.2, 0.25) is 0 Å². The van der Waals surface area contributed by atoms with Crippen molar-refractivity contribution >= 4 is 5.78 Å². The predicted octanol–water partition coefficient (Wildman–Crippen LogP) is 4.88. The van der Waals surface area contributed by atoms with E-state index < -0.39 is 35.7 Å². The van der Waals surface area contributed by atoms with E-state index in [9.17, 15) is 31.1 Å². The lowest BCUT2D eigenvalue weighted by Gasteiger charge is -2.13. The maximum atomic E-state index is 12.4. The van der Waals surface area contributed by atoms with Gasteiger partial charge in [0.05, 0.1) is 11.1 Å². The summed E-state index contributed by atoms with van der Waals surface area (Å²) in [5.74, 6) is -0.512. The van der Waals surface area contributed by atoms with Crippen LogP contribution in [0.4, 0.5) is 26.3 Å². The Hall–Kier alpha value is -1.53. The van der Waals surface area contributed by atoms with Crippen molar-refractivity contribution in [2.24, 2.45) is 0 Å². The molecule has 0 aliphatic heterocycles. The molecule has 0 spiro atoms. The van der Waals surface area contributed by atoms with E-state index >= 15 is 0 Å². The molecule has 0 unspecified atom stereocenters. The molecule has 0 fully saturated rings. The van der Waals surface area contributed by atoms with Gasteiger partial charge in [0.15, 0.2) is 0 Å². The Bertz CT molecular complexity index is 427. The number of ketones is 1.